The number of benzene rings is 1. The summed E-state index contributed by atoms with van der Waals surface area (Å²) in [6, 6.07) is 5.35. The van der Waals surface area contributed by atoms with Crippen molar-refractivity contribution in [2.45, 2.75) is 0 Å². The SMILES string of the molecule is Nc1ccc(-c2nn3cnnc3s2)c(Cl)c1. The topological polar surface area (TPSA) is 69.1 Å². The molecule has 3 aromatic rings. The molecule has 0 aliphatic rings. The molecule has 2 heterocycles. The van der Waals surface area contributed by atoms with Gasteiger partial charge in [0.05, 0.1) is 5.02 Å². The Bertz CT molecular complexity index is 630. The van der Waals surface area contributed by atoms with E-state index >= 15 is 0 Å². The Hall–Kier alpha value is -1.66. The number of fused-ring (bicyclic) bond motifs is 1. The van der Waals surface area contributed by atoms with E-state index in [0.29, 0.717) is 10.7 Å². The Balaban J connectivity index is 2.19. The third-order valence-corrected chi connectivity index (χ3v) is 3.37. The summed E-state index contributed by atoms with van der Waals surface area (Å²) in [5, 5.41) is 13.4. The van der Waals surface area contributed by atoms with Crippen LogP contribution >= 0.6 is 22.9 Å². The van der Waals surface area contributed by atoms with Crippen molar-refractivity contribution >= 4 is 33.6 Å². The minimum atomic E-state index is 0.588. The van der Waals surface area contributed by atoms with Crippen molar-refractivity contribution in [2.24, 2.45) is 0 Å². The Labute approximate surface area is 99.5 Å². The quantitative estimate of drug-likeness (QED) is 0.673. The molecule has 80 valence electrons. The van der Waals surface area contributed by atoms with Crippen molar-refractivity contribution in [1.29, 1.82) is 0 Å². The Morgan fingerprint density at radius 2 is 2.25 bits per heavy atom. The number of halogens is 1. The van der Waals surface area contributed by atoms with Crippen LogP contribution in [0.3, 0.4) is 0 Å². The van der Waals surface area contributed by atoms with Crippen LogP contribution in [0.5, 0.6) is 0 Å². The lowest BCUT2D eigenvalue weighted by atomic mass is 10.2. The summed E-state index contributed by atoms with van der Waals surface area (Å²) in [7, 11) is 0. The summed E-state index contributed by atoms with van der Waals surface area (Å²) >= 11 is 7.53. The number of anilines is 1. The molecule has 16 heavy (non-hydrogen) atoms. The highest BCUT2D eigenvalue weighted by Gasteiger charge is 2.10. The predicted molar refractivity (Wildman–Crippen MR) is 63.5 cm³/mol. The molecule has 2 aromatic heterocycles. The van der Waals surface area contributed by atoms with Gasteiger partial charge >= 0.3 is 0 Å². The molecule has 0 bridgehead atoms. The van der Waals surface area contributed by atoms with E-state index < -0.39 is 0 Å². The average molecular weight is 252 g/mol. The van der Waals surface area contributed by atoms with Crippen LogP contribution in [0.2, 0.25) is 5.02 Å². The molecule has 1 aromatic carbocycles. The van der Waals surface area contributed by atoms with E-state index in [-0.39, 0.29) is 0 Å². The van der Waals surface area contributed by atoms with E-state index in [0.717, 1.165) is 15.5 Å². The van der Waals surface area contributed by atoms with Crippen LogP contribution in [-0.2, 0) is 0 Å². The number of hydrogen-bond donors (Lipinski definition) is 1. The molecule has 0 saturated carbocycles. The molecule has 0 atom stereocenters. The fourth-order valence-corrected chi connectivity index (χ4v) is 2.57. The van der Waals surface area contributed by atoms with E-state index in [1.807, 2.05) is 6.07 Å². The average Bonchev–Trinajstić information content (AvgIpc) is 2.76. The molecule has 7 heteroatoms. The second-order valence-corrected chi connectivity index (χ2v) is 4.57. The monoisotopic (exact) mass is 251 g/mol. The first kappa shape index (κ1) is 9.56. The maximum atomic E-state index is 6.10. The van der Waals surface area contributed by atoms with Gasteiger partial charge in [0.15, 0.2) is 0 Å². The van der Waals surface area contributed by atoms with Gasteiger partial charge in [0.25, 0.3) is 0 Å². The minimum absolute atomic E-state index is 0.588. The number of nitrogens with zero attached hydrogens (tertiary/aromatic N) is 4. The van der Waals surface area contributed by atoms with Gasteiger partial charge < -0.3 is 5.73 Å². The third kappa shape index (κ3) is 1.43. The van der Waals surface area contributed by atoms with Gasteiger partial charge in [0.1, 0.15) is 11.3 Å². The lowest BCUT2D eigenvalue weighted by Gasteiger charge is -2.00. The molecule has 0 fully saturated rings. The van der Waals surface area contributed by atoms with E-state index in [4.69, 9.17) is 17.3 Å². The highest BCUT2D eigenvalue weighted by atomic mass is 35.5. The highest BCUT2D eigenvalue weighted by molar-refractivity contribution is 7.19. The molecule has 0 amide bonds. The molecule has 2 N–H and O–H groups in total. The summed E-state index contributed by atoms with van der Waals surface area (Å²) in [5.74, 6) is 0. The second kappa shape index (κ2) is 3.43. The van der Waals surface area contributed by atoms with Gasteiger partial charge in [-0.25, -0.2) is 0 Å². The zero-order valence-electron chi connectivity index (χ0n) is 7.96. The molecular formula is C9H6ClN5S. The van der Waals surface area contributed by atoms with Crippen molar-refractivity contribution in [3.8, 4) is 10.6 Å². The van der Waals surface area contributed by atoms with Crippen molar-refractivity contribution in [3.05, 3.63) is 29.5 Å². The molecule has 5 nitrogen and oxygen atoms in total. The number of hydrogen-bond acceptors (Lipinski definition) is 5. The highest BCUT2D eigenvalue weighted by Crippen LogP contribution is 2.31. The van der Waals surface area contributed by atoms with Crippen molar-refractivity contribution in [1.82, 2.24) is 19.8 Å². The molecular weight excluding hydrogens is 246 g/mol. The van der Waals surface area contributed by atoms with Gasteiger partial charge in [-0.05, 0) is 18.2 Å². The lowest BCUT2D eigenvalue weighted by molar-refractivity contribution is 0.960. The first-order chi connectivity index (χ1) is 7.74. The van der Waals surface area contributed by atoms with Gasteiger partial charge in [0.2, 0.25) is 4.96 Å². The largest absolute Gasteiger partial charge is 0.399 e. The number of aromatic nitrogens is 4. The smallest absolute Gasteiger partial charge is 0.234 e. The van der Waals surface area contributed by atoms with E-state index in [9.17, 15) is 0 Å². The third-order valence-electron chi connectivity index (χ3n) is 2.11. The molecule has 0 spiro atoms. The van der Waals surface area contributed by atoms with Crippen LogP contribution in [0.1, 0.15) is 0 Å². The lowest BCUT2D eigenvalue weighted by Crippen LogP contribution is -1.87. The summed E-state index contributed by atoms with van der Waals surface area (Å²) in [6.07, 6.45) is 1.56. The van der Waals surface area contributed by atoms with Crippen LogP contribution in [-0.4, -0.2) is 19.8 Å². The van der Waals surface area contributed by atoms with Gasteiger partial charge in [0, 0.05) is 11.3 Å². The fraction of sp³-hybridized carbons (Fsp3) is 0. The predicted octanol–water partition coefficient (Wildman–Crippen LogP) is 2.09. The van der Waals surface area contributed by atoms with E-state index in [1.165, 1.54) is 11.3 Å². The standard InChI is InChI=1S/C9H6ClN5S/c10-7-3-5(11)1-2-6(7)8-14-15-4-12-13-9(15)16-8/h1-4H,11H2. The Kier molecular flexibility index (Phi) is 2.05. The van der Waals surface area contributed by atoms with Gasteiger partial charge in [-0.2, -0.15) is 9.61 Å². The van der Waals surface area contributed by atoms with Crippen LogP contribution in [0.4, 0.5) is 5.69 Å². The Morgan fingerprint density at radius 3 is 3.00 bits per heavy atom. The van der Waals surface area contributed by atoms with Crippen LogP contribution in [0.25, 0.3) is 15.5 Å². The molecule has 0 unspecified atom stereocenters. The summed E-state index contributed by atoms with van der Waals surface area (Å²) in [5.41, 5.74) is 7.12. The Morgan fingerprint density at radius 1 is 1.38 bits per heavy atom. The van der Waals surface area contributed by atoms with Crippen LogP contribution < -0.4 is 5.73 Å². The summed E-state index contributed by atoms with van der Waals surface area (Å²) < 4.78 is 1.62. The van der Waals surface area contributed by atoms with Gasteiger partial charge in [-0.1, -0.05) is 22.9 Å². The summed E-state index contributed by atoms with van der Waals surface area (Å²) in [6.45, 7) is 0. The molecule has 3 rings (SSSR count). The van der Waals surface area contributed by atoms with Gasteiger partial charge in [-0.3, -0.25) is 0 Å². The number of nitrogens with two attached hydrogens (primary N) is 1. The van der Waals surface area contributed by atoms with Crippen molar-refractivity contribution < 1.29 is 0 Å². The van der Waals surface area contributed by atoms with Gasteiger partial charge in [-0.15, -0.1) is 10.2 Å². The van der Waals surface area contributed by atoms with E-state index in [1.54, 1.807) is 23.0 Å². The zero-order chi connectivity index (χ0) is 11.1. The minimum Gasteiger partial charge on any atom is -0.399 e. The molecule has 0 radical (unpaired) electrons. The summed E-state index contributed by atoms with van der Waals surface area (Å²) in [4.78, 5) is 0.739. The van der Waals surface area contributed by atoms with Crippen molar-refractivity contribution in [3.63, 3.8) is 0 Å². The maximum Gasteiger partial charge on any atom is 0.234 e. The second-order valence-electron chi connectivity index (χ2n) is 3.20. The first-order valence-corrected chi connectivity index (χ1v) is 5.66. The zero-order valence-corrected chi connectivity index (χ0v) is 9.53. The van der Waals surface area contributed by atoms with E-state index in [2.05, 4.69) is 15.3 Å². The molecule has 0 aliphatic heterocycles. The normalized spacial score (nSPS) is 11.1. The molecule has 0 saturated heterocycles. The first-order valence-electron chi connectivity index (χ1n) is 4.46. The maximum absolute atomic E-state index is 6.10. The van der Waals surface area contributed by atoms with Crippen LogP contribution in [0.15, 0.2) is 24.5 Å². The number of nitrogen functional groups attached to an aromatic ring is 1. The van der Waals surface area contributed by atoms with Crippen molar-refractivity contribution in [2.75, 3.05) is 5.73 Å². The van der Waals surface area contributed by atoms with Crippen LogP contribution in [0, 0.1) is 0 Å². The fourth-order valence-electron chi connectivity index (χ4n) is 1.37. The number of rotatable bonds is 1. The molecule has 0 aliphatic carbocycles.